The molecule has 0 radical (unpaired) electrons. The van der Waals surface area contributed by atoms with Crippen molar-refractivity contribution >= 4 is 17.7 Å². The Morgan fingerprint density at radius 2 is 1.61 bits per heavy atom. The Morgan fingerprint density at radius 3 is 2.18 bits per heavy atom. The summed E-state index contributed by atoms with van der Waals surface area (Å²) in [6, 6.07) is 11.8. The SMILES string of the molecule is N=C(N)c1ccc(-c2ccc(O)c(C(=O)NC3CCC(C(=O)O)CC3)c2)cc1. The molecule has 1 aliphatic carbocycles. The number of phenolic OH excluding ortho intramolecular Hbond substituents is 1. The number of rotatable bonds is 5. The van der Waals surface area contributed by atoms with E-state index in [-0.39, 0.29) is 35.0 Å². The Kier molecular flexibility index (Phi) is 5.63. The molecular formula is C21H23N3O4. The Bertz CT molecular complexity index is 900. The van der Waals surface area contributed by atoms with Crippen LogP contribution in [0.5, 0.6) is 5.75 Å². The van der Waals surface area contributed by atoms with E-state index in [1.54, 1.807) is 36.4 Å². The van der Waals surface area contributed by atoms with Crippen LogP contribution in [0.25, 0.3) is 11.1 Å². The minimum absolute atomic E-state index is 0.0186. The van der Waals surface area contributed by atoms with Gasteiger partial charge >= 0.3 is 5.97 Å². The predicted octanol–water partition coefficient (Wildman–Crippen LogP) is 2.72. The summed E-state index contributed by atoms with van der Waals surface area (Å²) in [5.74, 6) is -1.64. The summed E-state index contributed by atoms with van der Waals surface area (Å²) in [7, 11) is 0. The van der Waals surface area contributed by atoms with Gasteiger partial charge in [-0.15, -0.1) is 0 Å². The van der Waals surface area contributed by atoms with Crippen molar-refractivity contribution in [2.75, 3.05) is 0 Å². The normalized spacial score (nSPS) is 19.0. The lowest BCUT2D eigenvalue weighted by Crippen LogP contribution is -2.38. The summed E-state index contributed by atoms with van der Waals surface area (Å²) in [5.41, 5.74) is 7.84. The number of hydrogen-bond acceptors (Lipinski definition) is 4. The molecule has 1 aliphatic rings. The van der Waals surface area contributed by atoms with Gasteiger partial charge in [-0.2, -0.15) is 0 Å². The molecule has 1 saturated carbocycles. The molecule has 0 spiro atoms. The van der Waals surface area contributed by atoms with E-state index < -0.39 is 5.97 Å². The van der Waals surface area contributed by atoms with E-state index in [1.807, 2.05) is 0 Å². The average Bonchev–Trinajstić information content (AvgIpc) is 2.68. The zero-order chi connectivity index (χ0) is 20.3. The number of carboxylic acid groups (broad SMARTS) is 1. The molecule has 6 N–H and O–H groups in total. The fourth-order valence-corrected chi connectivity index (χ4v) is 3.49. The summed E-state index contributed by atoms with van der Waals surface area (Å²) < 4.78 is 0. The van der Waals surface area contributed by atoms with E-state index in [0.29, 0.717) is 31.2 Å². The number of carbonyl (C=O) groups excluding carboxylic acids is 1. The molecule has 1 fully saturated rings. The van der Waals surface area contributed by atoms with Gasteiger partial charge in [0, 0.05) is 11.6 Å². The third-order valence-corrected chi connectivity index (χ3v) is 5.18. The van der Waals surface area contributed by atoms with Crippen LogP contribution in [0.2, 0.25) is 0 Å². The molecule has 0 bridgehead atoms. The van der Waals surface area contributed by atoms with Crippen molar-refractivity contribution in [2.24, 2.45) is 11.7 Å². The van der Waals surface area contributed by atoms with Crippen molar-refractivity contribution < 1.29 is 19.8 Å². The zero-order valence-electron chi connectivity index (χ0n) is 15.3. The zero-order valence-corrected chi connectivity index (χ0v) is 15.3. The van der Waals surface area contributed by atoms with Crippen LogP contribution in [-0.4, -0.2) is 34.0 Å². The van der Waals surface area contributed by atoms with Crippen molar-refractivity contribution in [3.63, 3.8) is 0 Å². The summed E-state index contributed by atoms with van der Waals surface area (Å²) >= 11 is 0. The van der Waals surface area contributed by atoms with Crippen molar-refractivity contribution in [1.82, 2.24) is 5.32 Å². The molecule has 1 amide bonds. The molecule has 7 heteroatoms. The van der Waals surface area contributed by atoms with Crippen molar-refractivity contribution in [2.45, 2.75) is 31.7 Å². The Balaban J connectivity index is 1.73. The van der Waals surface area contributed by atoms with Gasteiger partial charge < -0.3 is 21.3 Å². The molecule has 28 heavy (non-hydrogen) atoms. The van der Waals surface area contributed by atoms with E-state index >= 15 is 0 Å². The first-order chi connectivity index (χ1) is 13.3. The van der Waals surface area contributed by atoms with Gasteiger partial charge in [0.1, 0.15) is 11.6 Å². The number of benzene rings is 2. The minimum atomic E-state index is -0.786. The molecule has 0 unspecified atom stereocenters. The molecule has 7 nitrogen and oxygen atoms in total. The van der Waals surface area contributed by atoms with Gasteiger partial charge in [0.05, 0.1) is 11.5 Å². The summed E-state index contributed by atoms with van der Waals surface area (Å²) in [4.78, 5) is 23.7. The van der Waals surface area contributed by atoms with Crippen LogP contribution in [0.15, 0.2) is 42.5 Å². The number of amides is 1. The number of hydrogen-bond donors (Lipinski definition) is 5. The highest BCUT2D eigenvalue weighted by Gasteiger charge is 2.27. The molecule has 146 valence electrons. The van der Waals surface area contributed by atoms with Gasteiger partial charge in [-0.3, -0.25) is 15.0 Å². The van der Waals surface area contributed by atoms with Gasteiger partial charge in [0.2, 0.25) is 0 Å². The third-order valence-electron chi connectivity index (χ3n) is 5.18. The van der Waals surface area contributed by atoms with Crippen LogP contribution in [-0.2, 0) is 4.79 Å². The minimum Gasteiger partial charge on any atom is -0.507 e. The predicted molar refractivity (Wildman–Crippen MR) is 105 cm³/mol. The highest BCUT2D eigenvalue weighted by molar-refractivity contribution is 5.98. The number of amidine groups is 1. The molecule has 0 atom stereocenters. The molecular weight excluding hydrogens is 358 g/mol. The molecule has 0 aliphatic heterocycles. The summed E-state index contributed by atoms with van der Waals surface area (Å²) in [5, 5.41) is 29.5. The first-order valence-corrected chi connectivity index (χ1v) is 9.16. The van der Waals surface area contributed by atoms with Gasteiger partial charge in [-0.25, -0.2) is 0 Å². The maximum Gasteiger partial charge on any atom is 0.306 e. The van der Waals surface area contributed by atoms with Gasteiger partial charge in [-0.1, -0.05) is 30.3 Å². The summed E-state index contributed by atoms with van der Waals surface area (Å²) in [6.45, 7) is 0. The van der Waals surface area contributed by atoms with Gasteiger partial charge in [0.25, 0.3) is 5.91 Å². The maximum absolute atomic E-state index is 12.6. The topological polar surface area (TPSA) is 136 Å². The maximum atomic E-state index is 12.6. The number of aromatic hydroxyl groups is 1. The van der Waals surface area contributed by atoms with Crippen LogP contribution in [0.4, 0.5) is 0 Å². The largest absolute Gasteiger partial charge is 0.507 e. The second kappa shape index (κ2) is 8.12. The highest BCUT2D eigenvalue weighted by Crippen LogP contribution is 2.28. The van der Waals surface area contributed by atoms with Crippen LogP contribution in [0.1, 0.15) is 41.6 Å². The number of nitrogen functional groups attached to an aromatic ring is 1. The quantitative estimate of drug-likeness (QED) is 0.401. The van der Waals surface area contributed by atoms with E-state index in [0.717, 1.165) is 11.1 Å². The monoisotopic (exact) mass is 381 g/mol. The fraction of sp³-hybridized carbons (Fsp3) is 0.286. The second-order valence-electron chi connectivity index (χ2n) is 7.08. The molecule has 2 aromatic rings. The third kappa shape index (κ3) is 4.31. The molecule has 2 aromatic carbocycles. The van der Waals surface area contributed by atoms with Gasteiger partial charge in [0.15, 0.2) is 0 Å². The van der Waals surface area contributed by atoms with Crippen molar-refractivity contribution in [3.05, 3.63) is 53.6 Å². The Hall–Kier alpha value is -3.35. The lowest BCUT2D eigenvalue weighted by atomic mass is 9.86. The lowest BCUT2D eigenvalue weighted by Gasteiger charge is -2.27. The van der Waals surface area contributed by atoms with E-state index in [4.69, 9.17) is 16.2 Å². The van der Waals surface area contributed by atoms with Crippen LogP contribution in [0.3, 0.4) is 0 Å². The number of nitrogens with two attached hydrogens (primary N) is 1. The number of carboxylic acids is 1. The smallest absolute Gasteiger partial charge is 0.306 e. The fourth-order valence-electron chi connectivity index (χ4n) is 3.49. The lowest BCUT2D eigenvalue weighted by molar-refractivity contribution is -0.142. The first kappa shape index (κ1) is 19.4. The van der Waals surface area contributed by atoms with Crippen LogP contribution < -0.4 is 11.1 Å². The van der Waals surface area contributed by atoms with Crippen LogP contribution in [0, 0.1) is 11.3 Å². The first-order valence-electron chi connectivity index (χ1n) is 9.16. The number of phenols is 1. The highest BCUT2D eigenvalue weighted by atomic mass is 16.4. The standard InChI is InChI=1S/C21H23N3O4/c22-19(23)13-3-1-12(2-4-13)15-7-10-18(25)17(11-15)20(26)24-16-8-5-14(6-9-16)21(27)28/h1-4,7,10-11,14,16,25H,5-6,8-9H2,(H3,22,23)(H,24,26)(H,27,28). The van der Waals surface area contributed by atoms with Crippen molar-refractivity contribution in [3.8, 4) is 16.9 Å². The van der Waals surface area contributed by atoms with E-state index in [9.17, 15) is 14.7 Å². The molecule has 0 heterocycles. The second-order valence-corrected chi connectivity index (χ2v) is 7.08. The Morgan fingerprint density at radius 1 is 1.00 bits per heavy atom. The molecule has 0 aromatic heterocycles. The molecule has 3 rings (SSSR count). The number of nitrogens with one attached hydrogen (secondary N) is 2. The average molecular weight is 381 g/mol. The van der Waals surface area contributed by atoms with Crippen LogP contribution >= 0.6 is 0 Å². The molecule has 0 saturated heterocycles. The number of aliphatic carboxylic acids is 1. The summed E-state index contributed by atoms with van der Waals surface area (Å²) in [6.07, 6.45) is 2.29. The number of carbonyl (C=O) groups is 2. The van der Waals surface area contributed by atoms with E-state index in [1.165, 1.54) is 6.07 Å². The Labute approximate surface area is 162 Å². The van der Waals surface area contributed by atoms with E-state index in [2.05, 4.69) is 5.32 Å². The van der Waals surface area contributed by atoms with Gasteiger partial charge in [-0.05, 0) is 48.9 Å². The van der Waals surface area contributed by atoms with Crippen molar-refractivity contribution in [1.29, 1.82) is 5.41 Å².